The standard InChI is InChI=1S/C69H61N/c1-67(2,3)52-41-51(42-53(45-52)68(4,5)6)55-33-20-27-48-28-21-35-59(65(48)55)58-32-16-18-38-63(58)70(64-40-39-49(46-23-11-9-12-24-46)44-61(64)47-25-13-10-14-26-47)54-30-19-29-50(43-54)56-34-22-36-60-57-31-15-17-37-62(57)69(7,8)66(56)60/h9-45H,1-8H3. The molecule has 1 aliphatic rings. The zero-order valence-electron chi connectivity index (χ0n) is 41.8. The van der Waals surface area contributed by atoms with Crippen LogP contribution in [0.2, 0.25) is 0 Å². The first-order chi connectivity index (χ1) is 33.8. The summed E-state index contributed by atoms with van der Waals surface area (Å²) in [5.74, 6) is 0. The molecular formula is C69H61N. The van der Waals surface area contributed by atoms with Crippen molar-refractivity contribution in [2.24, 2.45) is 0 Å². The van der Waals surface area contributed by atoms with Gasteiger partial charge in [-0.15, -0.1) is 0 Å². The fraction of sp³-hybridized carbons (Fsp3) is 0.159. The quantitative estimate of drug-likeness (QED) is 0.147. The van der Waals surface area contributed by atoms with Crippen LogP contribution in [0.5, 0.6) is 0 Å². The highest BCUT2D eigenvalue weighted by Crippen LogP contribution is 2.53. The summed E-state index contributed by atoms with van der Waals surface area (Å²) in [6.07, 6.45) is 0. The number of anilines is 3. The molecule has 1 heteroatoms. The summed E-state index contributed by atoms with van der Waals surface area (Å²) in [6, 6.07) is 83.8. The van der Waals surface area contributed by atoms with Gasteiger partial charge in [0.1, 0.15) is 0 Å². The maximum absolute atomic E-state index is 2.53. The SMILES string of the molecule is CC(C)(C)c1cc(-c2cccc3cccc(-c4ccccc4N(c4cccc(-c5cccc6c5C(C)(C)c5ccccc5-6)c4)c4ccc(-c5ccccc5)cc4-c4ccccc4)c23)cc(C(C)(C)C)c1. The Kier molecular flexibility index (Phi) is 11.1. The molecule has 0 saturated carbocycles. The van der Waals surface area contributed by atoms with Crippen LogP contribution in [0.1, 0.15) is 77.6 Å². The highest BCUT2D eigenvalue weighted by Gasteiger charge is 2.37. The van der Waals surface area contributed by atoms with Crippen LogP contribution in [-0.4, -0.2) is 0 Å². The van der Waals surface area contributed by atoms with Crippen LogP contribution < -0.4 is 4.90 Å². The predicted molar refractivity (Wildman–Crippen MR) is 301 cm³/mol. The first kappa shape index (κ1) is 44.7. The lowest BCUT2D eigenvalue weighted by Crippen LogP contribution is -2.16. The number of nitrogens with zero attached hydrogens (tertiary/aromatic N) is 1. The summed E-state index contributed by atoms with van der Waals surface area (Å²) in [5.41, 5.74) is 23.2. The van der Waals surface area contributed by atoms with Crippen LogP contribution in [0, 0.1) is 0 Å². The first-order valence-electron chi connectivity index (χ1n) is 24.9. The Labute approximate surface area is 415 Å². The third-order valence-electron chi connectivity index (χ3n) is 14.7. The van der Waals surface area contributed by atoms with E-state index < -0.39 is 0 Å². The van der Waals surface area contributed by atoms with E-state index in [4.69, 9.17) is 0 Å². The van der Waals surface area contributed by atoms with Gasteiger partial charge >= 0.3 is 0 Å². The largest absolute Gasteiger partial charge is 0.309 e. The molecule has 0 amide bonds. The number of fused-ring (bicyclic) bond motifs is 4. The molecule has 0 saturated heterocycles. The molecular weight excluding hydrogens is 843 g/mol. The summed E-state index contributed by atoms with van der Waals surface area (Å²) in [4.78, 5) is 2.53. The van der Waals surface area contributed by atoms with Crippen molar-refractivity contribution in [3.05, 3.63) is 247 Å². The molecule has 0 unspecified atom stereocenters. The van der Waals surface area contributed by atoms with Crippen LogP contribution in [-0.2, 0) is 16.2 Å². The van der Waals surface area contributed by atoms with Crippen molar-refractivity contribution < 1.29 is 0 Å². The van der Waals surface area contributed by atoms with Gasteiger partial charge in [-0.2, -0.15) is 0 Å². The Morgan fingerprint density at radius 1 is 0.329 bits per heavy atom. The smallest absolute Gasteiger partial charge is 0.0540 e. The monoisotopic (exact) mass is 903 g/mol. The van der Waals surface area contributed by atoms with Crippen molar-refractivity contribution in [2.45, 2.75) is 71.6 Å². The van der Waals surface area contributed by atoms with E-state index in [-0.39, 0.29) is 16.2 Å². The second kappa shape index (κ2) is 17.3. The first-order valence-corrected chi connectivity index (χ1v) is 24.9. The molecule has 0 fully saturated rings. The van der Waals surface area contributed by atoms with E-state index in [2.05, 4.69) is 285 Å². The van der Waals surface area contributed by atoms with Crippen LogP contribution in [0.25, 0.3) is 77.5 Å². The summed E-state index contributed by atoms with van der Waals surface area (Å²) in [7, 11) is 0. The van der Waals surface area contributed by atoms with Crippen molar-refractivity contribution in [3.8, 4) is 66.8 Å². The lowest BCUT2D eigenvalue weighted by Gasteiger charge is -2.31. The highest BCUT2D eigenvalue weighted by atomic mass is 15.1. The Bertz CT molecular complexity index is 3540. The van der Waals surface area contributed by atoms with Crippen molar-refractivity contribution in [3.63, 3.8) is 0 Å². The Balaban J connectivity index is 1.18. The lowest BCUT2D eigenvalue weighted by atomic mass is 9.78. The molecule has 70 heavy (non-hydrogen) atoms. The number of benzene rings is 10. The zero-order chi connectivity index (χ0) is 48.4. The molecule has 0 heterocycles. The Morgan fingerprint density at radius 2 is 0.857 bits per heavy atom. The van der Waals surface area contributed by atoms with E-state index in [1.54, 1.807) is 0 Å². The predicted octanol–water partition coefficient (Wildman–Crippen LogP) is 19.5. The minimum absolute atomic E-state index is 0.0167. The molecule has 11 rings (SSSR count). The molecule has 0 atom stereocenters. The van der Waals surface area contributed by atoms with Crippen molar-refractivity contribution in [1.29, 1.82) is 0 Å². The lowest BCUT2D eigenvalue weighted by molar-refractivity contribution is 0.569. The Morgan fingerprint density at radius 3 is 1.56 bits per heavy atom. The van der Waals surface area contributed by atoms with Gasteiger partial charge in [-0.05, 0) is 130 Å². The summed E-state index contributed by atoms with van der Waals surface area (Å²) in [6.45, 7) is 18.7. The van der Waals surface area contributed by atoms with Crippen LogP contribution in [0.3, 0.4) is 0 Å². The molecule has 0 spiro atoms. The van der Waals surface area contributed by atoms with E-state index in [1.807, 2.05) is 0 Å². The van der Waals surface area contributed by atoms with Gasteiger partial charge in [0.25, 0.3) is 0 Å². The molecule has 1 aliphatic carbocycles. The van der Waals surface area contributed by atoms with Crippen molar-refractivity contribution >= 4 is 27.8 Å². The molecule has 0 bridgehead atoms. The molecule has 0 N–H and O–H groups in total. The minimum atomic E-state index is -0.162. The molecule has 0 aromatic heterocycles. The van der Waals surface area contributed by atoms with Gasteiger partial charge in [0.2, 0.25) is 0 Å². The fourth-order valence-corrected chi connectivity index (χ4v) is 11.1. The van der Waals surface area contributed by atoms with Gasteiger partial charge in [-0.3, -0.25) is 0 Å². The number of rotatable bonds is 8. The van der Waals surface area contributed by atoms with E-state index in [1.165, 1.54) is 83.1 Å². The zero-order valence-corrected chi connectivity index (χ0v) is 41.8. The summed E-state index contributed by atoms with van der Waals surface area (Å²) < 4.78 is 0. The molecule has 0 radical (unpaired) electrons. The van der Waals surface area contributed by atoms with Gasteiger partial charge in [0, 0.05) is 22.2 Å². The van der Waals surface area contributed by atoms with Crippen LogP contribution in [0.15, 0.2) is 224 Å². The number of hydrogen-bond acceptors (Lipinski definition) is 1. The highest BCUT2D eigenvalue weighted by molar-refractivity contribution is 6.09. The van der Waals surface area contributed by atoms with Gasteiger partial charge in [0.15, 0.2) is 0 Å². The average molecular weight is 904 g/mol. The molecule has 1 nitrogen and oxygen atoms in total. The van der Waals surface area contributed by atoms with Crippen molar-refractivity contribution in [1.82, 2.24) is 0 Å². The molecule has 0 aliphatic heterocycles. The van der Waals surface area contributed by atoms with Gasteiger partial charge < -0.3 is 4.90 Å². The van der Waals surface area contributed by atoms with Crippen molar-refractivity contribution in [2.75, 3.05) is 4.90 Å². The van der Waals surface area contributed by atoms with E-state index in [0.717, 1.165) is 33.8 Å². The fourth-order valence-electron chi connectivity index (χ4n) is 11.1. The van der Waals surface area contributed by atoms with Crippen LogP contribution >= 0.6 is 0 Å². The van der Waals surface area contributed by atoms with Gasteiger partial charge in [-0.1, -0.05) is 250 Å². The normalized spacial score (nSPS) is 13.0. The maximum Gasteiger partial charge on any atom is 0.0540 e. The maximum atomic E-state index is 2.53. The second-order valence-corrected chi connectivity index (χ2v) is 21.8. The molecule has 10 aromatic carbocycles. The van der Waals surface area contributed by atoms with E-state index >= 15 is 0 Å². The van der Waals surface area contributed by atoms with Gasteiger partial charge in [-0.25, -0.2) is 0 Å². The summed E-state index contributed by atoms with van der Waals surface area (Å²) in [5, 5.41) is 2.47. The third kappa shape index (κ3) is 7.94. The van der Waals surface area contributed by atoms with E-state index in [9.17, 15) is 0 Å². The third-order valence-corrected chi connectivity index (χ3v) is 14.7. The number of hydrogen-bond donors (Lipinski definition) is 0. The molecule has 342 valence electrons. The topological polar surface area (TPSA) is 3.24 Å². The van der Waals surface area contributed by atoms with Crippen LogP contribution in [0.4, 0.5) is 17.1 Å². The second-order valence-electron chi connectivity index (χ2n) is 21.8. The Hall–Kier alpha value is -7.74. The summed E-state index contributed by atoms with van der Waals surface area (Å²) >= 11 is 0. The van der Waals surface area contributed by atoms with E-state index in [0.29, 0.717) is 0 Å². The number of para-hydroxylation sites is 1. The average Bonchev–Trinajstić information content (AvgIpc) is 3.62. The minimum Gasteiger partial charge on any atom is -0.309 e. The van der Waals surface area contributed by atoms with Gasteiger partial charge in [0.05, 0.1) is 11.4 Å². The molecule has 10 aromatic rings.